The monoisotopic (exact) mass is 311 g/mol. The molecule has 2 heterocycles. The highest BCUT2D eigenvalue weighted by atomic mass is 35.5. The molecule has 0 bridgehead atoms. The number of aliphatic hydroxyl groups excluding tert-OH is 1. The Labute approximate surface area is 131 Å². The quantitative estimate of drug-likeness (QED) is 0.940. The van der Waals surface area contributed by atoms with E-state index in [0.29, 0.717) is 0 Å². The summed E-state index contributed by atoms with van der Waals surface area (Å²) in [6.45, 7) is 3.02. The van der Waals surface area contributed by atoms with Crippen molar-refractivity contribution in [2.24, 2.45) is 0 Å². The van der Waals surface area contributed by atoms with E-state index in [1.54, 1.807) is 7.11 Å². The molecule has 1 aliphatic heterocycles. The zero-order chi connectivity index (χ0) is 13.9. The van der Waals surface area contributed by atoms with E-state index in [-0.39, 0.29) is 19.0 Å². The molecule has 1 fully saturated rings. The van der Waals surface area contributed by atoms with E-state index in [1.807, 2.05) is 18.2 Å². The second kappa shape index (κ2) is 7.16. The summed E-state index contributed by atoms with van der Waals surface area (Å²) in [7, 11) is 1.65. The van der Waals surface area contributed by atoms with Crippen molar-refractivity contribution in [3.63, 3.8) is 0 Å². The SMILES string of the molecule is COc1ccc2oc(CN3CCCCC3)c(CO)c2c1.Cl. The summed E-state index contributed by atoms with van der Waals surface area (Å²) in [4.78, 5) is 2.40. The zero-order valence-electron chi connectivity index (χ0n) is 12.3. The van der Waals surface area contributed by atoms with Gasteiger partial charge in [0.15, 0.2) is 0 Å². The minimum absolute atomic E-state index is 0. The maximum Gasteiger partial charge on any atom is 0.135 e. The van der Waals surface area contributed by atoms with E-state index < -0.39 is 0 Å². The minimum Gasteiger partial charge on any atom is -0.497 e. The van der Waals surface area contributed by atoms with Crippen LogP contribution in [0.3, 0.4) is 0 Å². The lowest BCUT2D eigenvalue weighted by Crippen LogP contribution is -2.29. The molecule has 0 aliphatic carbocycles. The summed E-state index contributed by atoms with van der Waals surface area (Å²) in [6.07, 6.45) is 3.83. The number of fused-ring (bicyclic) bond motifs is 1. The van der Waals surface area contributed by atoms with Crippen LogP contribution in [-0.2, 0) is 13.2 Å². The maximum absolute atomic E-state index is 9.68. The van der Waals surface area contributed by atoms with Gasteiger partial charge in [-0.25, -0.2) is 0 Å². The number of rotatable bonds is 4. The summed E-state index contributed by atoms with van der Waals surface area (Å²) < 4.78 is 11.2. The minimum atomic E-state index is 0. The molecule has 0 radical (unpaired) electrons. The molecule has 0 spiro atoms. The number of ether oxygens (including phenoxy) is 1. The molecular formula is C16H22ClNO3. The van der Waals surface area contributed by atoms with Crippen LogP contribution in [0, 0.1) is 0 Å². The first-order chi connectivity index (χ1) is 9.81. The van der Waals surface area contributed by atoms with Gasteiger partial charge in [-0.1, -0.05) is 6.42 Å². The third-order valence-corrected chi connectivity index (χ3v) is 4.06. The molecule has 1 N–H and O–H groups in total. The van der Waals surface area contributed by atoms with Crippen LogP contribution in [0.5, 0.6) is 5.75 Å². The van der Waals surface area contributed by atoms with Crippen molar-refractivity contribution in [1.82, 2.24) is 4.90 Å². The molecule has 2 aromatic rings. The lowest BCUT2D eigenvalue weighted by molar-refractivity contribution is 0.202. The Morgan fingerprint density at radius 3 is 2.67 bits per heavy atom. The first-order valence-electron chi connectivity index (χ1n) is 7.23. The Bertz CT molecular complexity index is 590. The van der Waals surface area contributed by atoms with Crippen molar-refractivity contribution in [2.75, 3.05) is 20.2 Å². The van der Waals surface area contributed by atoms with Crippen LogP contribution in [0.2, 0.25) is 0 Å². The van der Waals surface area contributed by atoms with Gasteiger partial charge in [0.05, 0.1) is 20.3 Å². The topological polar surface area (TPSA) is 45.8 Å². The molecule has 0 atom stereocenters. The zero-order valence-corrected chi connectivity index (χ0v) is 13.1. The van der Waals surface area contributed by atoms with Crippen molar-refractivity contribution in [3.05, 3.63) is 29.5 Å². The number of hydrogen-bond acceptors (Lipinski definition) is 4. The van der Waals surface area contributed by atoms with Gasteiger partial charge < -0.3 is 14.3 Å². The number of methoxy groups -OCH3 is 1. The Morgan fingerprint density at radius 1 is 1.24 bits per heavy atom. The number of likely N-dealkylation sites (tertiary alicyclic amines) is 1. The van der Waals surface area contributed by atoms with Crippen molar-refractivity contribution in [3.8, 4) is 5.75 Å². The van der Waals surface area contributed by atoms with E-state index in [1.165, 1.54) is 19.3 Å². The number of halogens is 1. The van der Waals surface area contributed by atoms with Gasteiger partial charge in [-0.3, -0.25) is 4.90 Å². The van der Waals surface area contributed by atoms with Crippen LogP contribution >= 0.6 is 12.4 Å². The second-order valence-corrected chi connectivity index (χ2v) is 5.36. The average Bonchev–Trinajstić information content (AvgIpc) is 2.84. The van der Waals surface area contributed by atoms with Crippen LogP contribution in [0.25, 0.3) is 11.0 Å². The third kappa shape index (κ3) is 3.34. The lowest BCUT2D eigenvalue weighted by Gasteiger charge is -2.25. The van der Waals surface area contributed by atoms with Crippen molar-refractivity contribution in [2.45, 2.75) is 32.4 Å². The normalized spacial score (nSPS) is 15.9. The molecule has 0 amide bonds. The van der Waals surface area contributed by atoms with Gasteiger partial charge in [-0.05, 0) is 44.1 Å². The number of furan rings is 1. The molecule has 1 aromatic carbocycles. The first kappa shape index (κ1) is 16.1. The molecule has 3 rings (SSSR count). The van der Waals surface area contributed by atoms with E-state index in [0.717, 1.165) is 47.7 Å². The molecule has 21 heavy (non-hydrogen) atoms. The molecule has 1 aromatic heterocycles. The predicted octanol–water partition coefficient (Wildman–Crippen LogP) is 3.34. The number of nitrogens with zero attached hydrogens (tertiary/aromatic N) is 1. The summed E-state index contributed by atoms with van der Waals surface area (Å²) >= 11 is 0. The van der Waals surface area contributed by atoms with Gasteiger partial charge in [0.1, 0.15) is 17.1 Å². The molecule has 0 unspecified atom stereocenters. The maximum atomic E-state index is 9.68. The molecule has 4 nitrogen and oxygen atoms in total. The first-order valence-corrected chi connectivity index (χ1v) is 7.23. The predicted molar refractivity (Wildman–Crippen MR) is 85.1 cm³/mol. The summed E-state index contributed by atoms with van der Waals surface area (Å²) in [5.41, 5.74) is 1.71. The standard InChI is InChI=1S/C16H21NO3.ClH/c1-19-12-5-6-15-13(9-12)14(11-18)16(20-15)10-17-7-3-2-4-8-17;/h5-6,9,18H,2-4,7-8,10-11H2,1H3;1H. The van der Waals surface area contributed by atoms with Gasteiger partial charge in [0.25, 0.3) is 0 Å². The Morgan fingerprint density at radius 2 is 2.00 bits per heavy atom. The van der Waals surface area contributed by atoms with E-state index >= 15 is 0 Å². The smallest absolute Gasteiger partial charge is 0.135 e. The largest absolute Gasteiger partial charge is 0.497 e. The summed E-state index contributed by atoms with van der Waals surface area (Å²) in [5.74, 6) is 1.68. The highest BCUT2D eigenvalue weighted by Gasteiger charge is 2.18. The molecule has 1 aliphatic rings. The van der Waals surface area contributed by atoms with Crippen molar-refractivity contribution >= 4 is 23.4 Å². The van der Waals surface area contributed by atoms with Gasteiger partial charge in [-0.2, -0.15) is 0 Å². The fraction of sp³-hybridized carbons (Fsp3) is 0.500. The van der Waals surface area contributed by atoms with Crippen LogP contribution in [-0.4, -0.2) is 30.2 Å². The van der Waals surface area contributed by atoms with E-state index in [9.17, 15) is 5.11 Å². The number of benzene rings is 1. The van der Waals surface area contributed by atoms with E-state index in [2.05, 4.69) is 4.90 Å². The second-order valence-electron chi connectivity index (χ2n) is 5.36. The Balaban J connectivity index is 0.00000161. The van der Waals surface area contributed by atoms with Gasteiger partial charge in [0.2, 0.25) is 0 Å². The Hall–Kier alpha value is -1.23. The molecule has 1 saturated heterocycles. The van der Waals surface area contributed by atoms with Crippen LogP contribution in [0.1, 0.15) is 30.6 Å². The highest BCUT2D eigenvalue weighted by Crippen LogP contribution is 2.30. The van der Waals surface area contributed by atoms with Crippen molar-refractivity contribution in [1.29, 1.82) is 0 Å². The van der Waals surface area contributed by atoms with Gasteiger partial charge in [0, 0.05) is 10.9 Å². The number of piperidine rings is 1. The van der Waals surface area contributed by atoms with Crippen molar-refractivity contribution < 1.29 is 14.3 Å². The highest BCUT2D eigenvalue weighted by molar-refractivity contribution is 5.85. The van der Waals surface area contributed by atoms with E-state index in [4.69, 9.17) is 9.15 Å². The average molecular weight is 312 g/mol. The molecule has 116 valence electrons. The van der Waals surface area contributed by atoms with Gasteiger partial charge in [-0.15, -0.1) is 12.4 Å². The fourth-order valence-corrected chi connectivity index (χ4v) is 2.93. The molecule has 0 saturated carbocycles. The number of hydrogen-bond donors (Lipinski definition) is 1. The van der Waals surface area contributed by atoms with Crippen LogP contribution in [0.4, 0.5) is 0 Å². The molecule has 5 heteroatoms. The van der Waals surface area contributed by atoms with Gasteiger partial charge >= 0.3 is 0 Å². The lowest BCUT2D eigenvalue weighted by atomic mass is 10.1. The molecular weight excluding hydrogens is 290 g/mol. The van der Waals surface area contributed by atoms with Crippen LogP contribution < -0.4 is 4.74 Å². The summed E-state index contributed by atoms with van der Waals surface area (Å²) in [6, 6.07) is 5.73. The summed E-state index contributed by atoms with van der Waals surface area (Å²) in [5, 5.41) is 10.6. The fourth-order valence-electron chi connectivity index (χ4n) is 2.93. The van der Waals surface area contributed by atoms with Crippen LogP contribution in [0.15, 0.2) is 22.6 Å². The number of aliphatic hydroxyl groups is 1. The third-order valence-electron chi connectivity index (χ3n) is 4.06. The Kier molecular flexibility index (Phi) is 5.51.